The van der Waals surface area contributed by atoms with Gasteiger partial charge in [0.15, 0.2) is 0 Å². The molecule has 0 atom stereocenters. The number of ether oxygens (including phenoxy) is 1. The molecule has 2 aromatic rings. The zero-order valence-electron chi connectivity index (χ0n) is 12.2. The number of benzene rings is 1. The van der Waals surface area contributed by atoms with Crippen LogP contribution in [0.1, 0.15) is 12.7 Å². The third kappa shape index (κ3) is 2.94. The molecule has 0 aliphatic carbocycles. The molecular formula is C15H22N4O. The lowest BCUT2D eigenvalue weighted by Crippen LogP contribution is -2.44. The van der Waals surface area contributed by atoms with E-state index in [-0.39, 0.29) is 0 Å². The van der Waals surface area contributed by atoms with Gasteiger partial charge in [0, 0.05) is 32.2 Å². The van der Waals surface area contributed by atoms with E-state index in [2.05, 4.69) is 26.8 Å². The van der Waals surface area contributed by atoms with Crippen molar-refractivity contribution in [3.63, 3.8) is 0 Å². The highest BCUT2D eigenvalue weighted by molar-refractivity contribution is 5.76. The van der Waals surface area contributed by atoms with Crippen molar-refractivity contribution in [2.75, 3.05) is 39.8 Å². The van der Waals surface area contributed by atoms with Crippen molar-refractivity contribution in [3.8, 4) is 5.75 Å². The number of nitrogens with one attached hydrogen (secondary N) is 1. The largest absolute Gasteiger partial charge is 0.494 e. The first-order valence-electron chi connectivity index (χ1n) is 7.27. The molecule has 1 saturated heterocycles. The minimum Gasteiger partial charge on any atom is -0.494 e. The minimum atomic E-state index is 0.688. The number of likely N-dealkylation sites (N-methyl/N-ethyl adjacent to an activating group) is 1. The zero-order chi connectivity index (χ0) is 13.9. The van der Waals surface area contributed by atoms with Crippen LogP contribution in [0, 0.1) is 0 Å². The van der Waals surface area contributed by atoms with Gasteiger partial charge in [0.1, 0.15) is 11.6 Å². The fourth-order valence-corrected chi connectivity index (χ4v) is 2.59. The molecule has 0 amide bonds. The van der Waals surface area contributed by atoms with E-state index in [9.17, 15) is 0 Å². The van der Waals surface area contributed by atoms with Crippen molar-refractivity contribution in [2.24, 2.45) is 0 Å². The molecule has 0 spiro atoms. The number of rotatable bonds is 4. The fourth-order valence-electron chi connectivity index (χ4n) is 2.59. The molecule has 0 unspecified atom stereocenters. The molecule has 1 aliphatic heterocycles. The van der Waals surface area contributed by atoms with E-state index in [1.807, 2.05) is 25.1 Å². The Balaban J connectivity index is 1.72. The van der Waals surface area contributed by atoms with Crippen molar-refractivity contribution in [3.05, 3.63) is 24.0 Å². The van der Waals surface area contributed by atoms with Crippen LogP contribution in [0.3, 0.4) is 0 Å². The van der Waals surface area contributed by atoms with Crippen LogP contribution in [0.4, 0.5) is 0 Å². The molecule has 0 saturated carbocycles. The highest BCUT2D eigenvalue weighted by Gasteiger charge is 2.15. The lowest BCUT2D eigenvalue weighted by atomic mass is 10.3. The summed E-state index contributed by atoms with van der Waals surface area (Å²) in [6.45, 7) is 8.06. The lowest BCUT2D eigenvalue weighted by Gasteiger charge is -2.31. The van der Waals surface area contributed by atoms with Crippen LogP contribution in [0.2, 0.25) is 0 Å². The fraction of sp³-hybridized carbons (Fsp3) is 0.533. The Morgan fingerprint density at radius 3 is 2.80 bits per heavy atom. The summed E-state index contributed by atoms with van der Waals surface area (Å²) >= 11 is 0. The number of piperazine rings is 1. The SMILES string of the molecule is CCOc1ccc2nc(CN3CCN(C)CC3)[nH]c2c1. The third-order valence-corrected chi connectivity index (χ3v) is 3.78. The predicted molar refractivity (Wildman–Crippen MR) is 80.0 cm³/mol. The van der Waals surface area contributed by atoms with E-state index in [4.69, 9.17) is 4.74 Å². The second-order valence-corrected chi connectivity index (χ2v) is 5.37. The van der Waals surface area contributed by atoms with Crippen molar-refractivity contribution in [2.45, 2.75) is 13.5 Å². The van der Waals surface area contributed by atoms with Crippen molar-refractivity contribution in [1.29, 1.82) is 0 Å². The highest BCUT2D eigenvalue weighted by Crippen LogP contribution is 2.19. The van der Waals surface area contributed by atoms with Crippen LogP contribution in [0.25, 0.3) is 11.0 Å². The Morgan fingerprint density at radius 2 is 2.05 bits per heavy atom. The van der Waals surface area contributed by atoms with Gasteiger partial charge in [0.05, 0.1) is 24.2 Å². The van der Waals surface area contributed by atoms with Gasteiger partial charge in [-0.2, -0.15) is 0 Å². The maximum Gasteiger partial charge on any atom is 0.121 e. The number of hydrogen-bond donors (Lipinski definition) is 1. The molecule has 1 fully saturated rings. The molecule has 1 N–H and O–H groups in total. The van der Waals surface area contributed by atoms with Crippen molar-refractivity contribution < 1.29 is 4.74 Å². The third-order valence-electron chi connectivity index (χ3n) is 3.78. The monoisotopic (exact) mass is 274 g/mol. The van der Waals surface area contributed by atoms with E-state index >= 15 is 0 Å². The molecular weight excluding hydrogens is 252 g/mol. The summed E-state index contributed by atoms with van der Waals surface area (Å²) < 4.78 is 5.52. The summed E-state index contributed by atoms with van der Waals surface area (Å²) in [4.78, 5) is 12.9. The van der Waals surface area contributed by atoms with Crippen LogP contribution in [-0.4, -0.2) is 59.6 Å². The van der Waals surface area contributed by atoms with E-state index in [1.54, 1.807) is 0 Å². The Kier molecular flexibility index (Phi) is 3.89. The van der Waals surface area contributed by atoms with Crippen LogP contribution >= 0.6 is 0 Å². The maximum absolute atomic E-state index is 5.52. The molecule has 108 valence electrons. The summed E-state index contributed by atoms with van der Waals surface area (Å²) in [6, 6.07) is 6.02. The van der Waals surface area contributed by atoms with Gasteiger partial charge in [-0.25, -0.2) is 4.98 Å². The Bertz CT molecular complexity index is 572. The van der Waals surface area contributed by atoms with Crippen LogP contribution in [-0.2, 0) is 6.54 Å². The Hall–Kier alpha value is -1.59. The second-order valence-electron chi connectivity index (χ2n) is 5.37. The molecule has 2 heterocycles. The lowest BCUT2D eigenvalue weighted by molar-refractivity contribution is 0.146. The van der Waals surface area contributed by atoms with Crippen LogP contribution < -0.4 is 4.74 Å². The number of fused-ring (bicyclic) bond motifs is 1. The smallest absolute Gasteiger partial charge is 0.121 e. The average molecular weight is 274 g/mol. The summed E-state index contributed by atoms with van der Waals surface area (Å²) in [5.74, 6) is 1.94. The molecule has 5 nitrogen and oxygen atoms in total. The molecule has 5 heteroatoms. The summed E-state index contributed by atoms with van der Waals surface area (Å²) in [5, 5.41) is 0. The molecule has 0 radical (unpaired) electrons. The molecule has 0 bridgehead atoms. The first-order chi connectivity index (χ1) is 9.74. The van der Waals surface area contributed by atoms with Gasteiger partial charge in [0.25, 0.3) is 0 Å². The quantitative estimate of drug-likeness (QED) is 0.922. The molecule has 1 aliphatic rings. The summed E-state index contributed by atoms with van der Waals surface area (Å²) in [5.41, 5.74) is 2.07. The van der Waals surface area contributed by atoms with Crippen LogP contribution in [0.15, 0.2) is 18.2 Å². The first-order valence-corrected chi connectivity index (χ1v) is 7.27. The second kappa shape index (κ2) is 5.81. The number of H-pyrrole nitrogens is 1. The Labute approximate surface area is 119 Å². The normalized spacial score (nSPS) is 17.7. The first kappa shape index (κ1) is 13.4. The molecule has 1 aromatic carbocycles. The standard InChI is InChI=1S/C15H22N4O/c1-3-20-12-4-5-13-14(10-12)17-15(16-13)11-19-8-6-18(2)7-9-19/h4-5,10H,3,6-9,11H2,1-2H3,(H,16,17). The topological polar surface area (TPSA) is 44.4 Å². The van der Waals surface area contributed by atoms with Gasteiger partial charge in [-0.15, -0.1) is 0 Å². The maximum atomic E-state index is 5.52. The van der Waals surface area contributed by atoms with Gasteiger partial charge in [-0.3, -0.25) is 4.90 Å². The van der Waals surface area contributed by atoms with Crippen molar-refractivity contribution >= 4 is 11.0 Å². The van der Waals surface area contributed by atoms with Gasteiger partial charge < -0.3 is 14.6 Å². The number of nitrogens with zero attached hydrogens (tertiary/aromatic N) is 3. The van der Waals surface area contributed by atoms with E-state index in [0.717, 1.165) is 55.3 Å². The van der Waals surface area contributed by atoms with E-state index in [0.29, 0.717) is 6.61 Å². The molecule has 1 aromatic heterocycles. The molecule has 20 heavy (non-hydrogen) atoms. The van der Waals surface area contributed by atoms with Crippen molar-refractivity contribution in [1.82, 2.24) is 19.8 Å². The average Bonchev–Trinajstić information content (AvgIpc) is 2.83. The van der Waals surface area contributed by atoms with E-state index in [1.165, 1.54) is 0 Å². The van der Waals surface area contributed by atoms with Gasteiger partial charge in [-0.05, 0) is 26.1 Å². The van der Waals surface area contributed by atoms with E-state index < -0.39 is 0 Å². The molecule has 3 rings (SSSR count). The van der Waals surface area contributed by atoms with Gasteiger partial charge in [0.2, 0.25) is 0 Å². The van der Waals surface area contributed by atoms with Gasteiger partial charge in [-0.1, -0.05) is 0 Å². The van der Waals surface area contributed by atoms with Gasteiger partial charge >= 0.3 is 0 Å². The Morgan fingerprint density at radius 1 is 1.25 bits per heavy atom. The zero-order valence-corrected chi connectivity index (χ0v) is 12.2. The number of aromatic amines is 1. The highest BCUT2D eigenvalue weighted by atomic mass is 16.5. The number of hydrogen-bond acceptors (Lipinski definition) is 4. The predicted octanol–water partition coefficient (Wildman–Crippen LogP) is 1.71. The summed E-state index contributed by atoms with van der Waals surface area (Å²) in [6.07, 6.45) is 0. The minimum absolute atomic E-state index is 0.688. The number of imidazole rings is 1. The van der Waals surface area contributed by atoms with Crippen LogP contribution in [0.5, 0.6) is 5.75 Å². The number of aromatic nitrogens is 2. The summed E-state index contributed by atoms with van der Waals surface area (Å²) in [7, 11) is 2.17.